The van der Waals surface area contributed by atoms with Crippen LogP contribution in [0.15, 0.2) is 36.5 Å². The number of aromatic nitrogens is 1. The van der Waals surface area contributed by atoms with Gasteiger partial charge in [-0.25, -0.2) is 4.39 Å². The van der Waals surface area contributed by atoms with E-state index in [2.05, 4.69) is 4.98 Å². The van der Waals surface area contributed by atoms with Gasteiger partial charge in [-0.2, -0.15) is 0 Å². The molecular weight excluding hydrogens is 245 g/mol. The zero-order valence-electron chi connectivity index (χ0n) is 11.0. The highest BCUT2D eigenvalue weighted by atomic mass is 19.1. The molecule has 0 bridgehead atoms. The summed E-state index contributed by atoms with van der Waals surface area (Å²) in [4.78, 5) is 4.28. The van der Waals surface area contributed by atoms with E-state index in [9.17, 15) is 4.39 Å². The fourth-order valence-corrected chi connectivity index (χ4v) is 1.80. The molecule has 0 aliphatic rings. The van der Waals surface area contributed by atoms with Crippen LogP contribution < -0.4 is 9.47 Å². The van der Waals surface area contributed by atoms with Gasteiger partial charge in [0.05, 0.1) is 18.9 Å². The normalized spacial score (nSPS) is 10.3. The molecule has 0 aliphatic carbocycles. The first kappa shape index (κ1) is 13.3. The van der Waals surface area contributed by atoms with E-state index in [-0.39, 0.29) is 5.82 Å². The molecule has 3 nitrogen and oxygen atoms in total. The number of benzene rings is 1. The summed E-state index contributed by atoms with van der Waals surface area (Å²) in [7, 11) is 0. The molecule has 0 atom stereocenters. The van der Waals surface area contributed by atoms with Gasteiger partial charge < -0.3 is 9.47 Å². The Bertz CT molecular complexity index is 558. The molecule has 0 unspecified atom stereocenters. The summed E-state index contributed by atoms with van der Waals surface area (Å²) in [5.41, 5.74) is 1.46. The lowest BCUT2D eigenvalue weighted by atomic mass is 10.1. The molecule has 19 heavy (non-hydrogen) atoms. The van der Waals surface area contributed by atoms with Gasteiger partial charge in [-0.1, -0.05) is 0 Å². The van der Waals surface area contributed by atoms with E-state index in [0.717, 1.165) is 11.3 Å². The van der Waals surface area contributed by atoms with Crippen LogP contribution in [0.5, 0.6) is 11.5 Å². The maximum atomic E-state index is 13.3. The minimum absolute atomic E-state index is 0.326. The van der Waals surface area contributed by atoms with Gasteiger partial charge in [0.2, 0.25) is 0 Å². The summed E-state index contributed by atoms with van der Waals surface area (Å²) in [6.45, 7) is 4.84. The van der Waals surface area contributed by atoms with Crippen molar-refractivity contribution in [1.29, 1.82) is 0 Å². The van der Waals surface area contributed by atoms with Crippen molar-refractivity contribution in [2.45, 2.75) is 13.8 Å². The number of hydrogen-bond acceptors (Lipinski definition) is 3. The van der Waals surface area contributed by atoms with Crippen LogP contribution in [-0.2, 0) is 0 Å². The topological polar surface area (TPSA) is 31.4 Å². The Kier molecular flexibility index (Phi) is 4.34. The SMILES string of the molecule is CCOc1ccnc(-c2ccc(F)cc2OCC)c1. The van der Waals surface area contributed by atoms with Gasteiger partial charge in [-0.05, 0) is 32.0 Å². The standard InChI is InChI=1S/C15H16FNO2/c1-3-18-12-7-8-17-14(10-12)13-6-5-11(16)9-15(13)19-4-2/h5-10H,3-4H2,1-2H3. The summed E-state index contributed by atoms with van der Waals surface area (Å²) in [6, 6.07) is 8.04. The molecule has 1 heterocycles. The molecule has 2 aromatic rings. The molecule has 0 N–H and O–H groups in total. The van der Waals surface area contributed by atoms with E-state index in [1.54, 1.807) is 18.3 Å². The highest BCUT2D eigenvalue weighted by molar-refractivity contribution is 5.68. The van der Waals surface area contributed by atoms with Gasteiger partial charge in [-0.15, -0.1) is 0 Å². The third-order valence-electron chi connectivity index (χ3n) is 2.56. The molecular formula is C15H16FNO2. The number of hydrogen-bond donors (Lipinski definition) is 0. The molecule has 1 aromatic carbocycles. The van der Waals surface area contributed by atoms with Gasteiger partial charge in [-0.3, -0.25) is 4.98 Å². The van der Waals surface area contributed by atoms with Crippen molar-refractivity contribution >= 4 is 0 Å². The van der Waals surface area contributed by atoms with Crippen LogP contribution in [0.4, 0.5) is 4.39 Å². The summed E-state index contributed by atoms with van der Waals surface area (Å²) >= 11 is 0. The van der Waals surface area contributed by atoms with Gasteiger partial charge in [0.15, 0.2) is 0 Å². The zero-order valence-corrected chi connectivity index (χ0v) is 11.0. The van der Waals surface area contributed by atoms with E-state index >= 15 is 0 Å². The van der Waals surface area contributed by atoms with Crippen LogP contribution in [0.1, 0.15) is 13.8 Å². The van der Waals surface area contributed by atoms with Crippen molar-refractivity contribution in [3.63, 3.8) is 0 Å². The van der Waals surface area contributed by atoms with Crippen LogP contribution >= 0.6 is 0 Å². The van der Waals surface area contributed by atoms with E-state index in [4.69, 9.17) is 9.47 Å². The van der Waals surface area contributed by atoms with E-state index in [1.165, 1.54) is 12.1 Å². The van der Waals surface area contributed by atoms with Gasteiger partial charge >= 0.3 is 0 Å². The monoisotopic (exact) mass is 261 g/mol. The van der Waals surface area contributed by atoms with Crippen molar-refractivity contribution < 1.29 is 13.9 Å². The smallest absolute Gasteiger partial charge is 0.131 e. The molecule has 1 aromatic heterocycles. The van der Waals surface area contributed by atoms with Crippen LogP contribution in [0.25, 0.3) is 11.3 Å². The predicted molar refractivity (Wildman–Crippen MR) is 72.0 cm³/mol. The average molecular weight is 261 g/mol. The van der Waals surface area contributed by atoms with Crippen LogP contribution in [0.3, 0.4) is 0 Å². The summed E-state index contributed by atoms with van der Waals surface area (Å²) < 4.78 is 24.1. The molecule has 0 saturated heterocycles. The van der Waals surface area contributed by atoms with Gasteiger partial charge in [0.25, 0.3) is 0 Å². The van der Waals surface area contributed by atoms with Crippen molar-refractivity contribution in [2.24, 2.45) is 0 Å². The van der Waals surface area contributed by atoms with Crippen molar-refractivity contribution in [1.82, 2.24) is 4.98 Å². The third kappa shape index (κ3) is 3.22. The summed E-state index contributed by atoms with van der Waals surface area (Å²) in [5, 5.41) is 0. The minimum Gasteiger partial charge on any atom is -0.494 e. The first-order valence-corrected chi connectivity index (χ1v) is 6.26. The molecule has 4 heteroatoms. The number of pyridine rings is 1. The first-order chi connectivity index (χ1) is 9.24. The number of halogens is 1. The number of rotatable bonds is 5. The second-order valence-electron chi connectivity index (χ2n) is 3.88. The van der Waals surface area contributed by atoms with E-state index in [0.29, 0.717) is 24.7 Å². The lowest BCUT2D eigenvalue weighted by molar-refractivity contribution is 0.338. The van der Waals surface area contributed by atoms with Crippen LogP contribution in [0.2, 0.25) is 0 Å². The van der Waals surface area contributed by atoms with Crippen molar-refractivity contribution in [3.8, 4) is 22.8 Å². The molecule has 0 fully saturated rings. The highest BCUT2D eigenvalue weighted by Crippen LogP contribution is 2.31. The second kappa shape index (κ2) is 6.18. The van der Waals surface area contributed by atoms with E-state index in [1.807, 2.05) is 19.9 Å². The Hall–Kier alpha value is -2.10. The lowest BCUT2D eigenvalue weighted by Gasteiger charge is -2.11. The fourth-order valence-electron chi connectivity index (χ4n) is 1.80. The van der Waals surface area contributed by atoms with Gasteiger partial charge in [0.1, 0.15) is 17.3 Å². The molecule has 0 radical (unpaired) electrons. The Balaban J connectivity index is 2.42. The molecule has 100 valence electrons. The lowest BCUT2D eigenvalue weighted by Crippen LogP contribution is -1.97. The molecule has 0 aliphatic heterocycles. The molecule has 2 rings (SSSR count). The van der Waals surface area contributed by atoms with Crippen molar-refractivity contribution in [2.75, 3.05) is 13.2 Å². The zero-order chi connectivity index (χ0) is 13.7. The second-order valence-corrected chi connectivity index (χ2v) is 3.88. The molecule has 0 amide bonds. The fraction of sp³-hybridized carbons (Fsp3) is 0.267. The maximum absolute atomic E-state index is 13.3. The number of nitrogens with zero attached hydrogens (tertiary/aromatic N) is 1. The van der Waals surface area contributed by atoms with Crippen LogP contribution in [0, 0.1) is 5.82 Å². The highest BCUT2D eigenvalue weighted by Gasteiger charge is 2.09. The Labute approximate surface area is 112 Å². The Morgan fingerprint density at radius 2 is 1.84 bits per heavy atom. The molecule has 0 spiro atoms. The van der Waals surface area contributed by atoms with Crippen molar-refractivity contribution in [3.05, 3.63) is 42.3 Å². The maximum Gasteiger partial charge on any atom is 0.131 e. The van der Waals surface area contributed by atoms with Crippen LogP contribution in [-0.4, -0.2) is 18.2 Å². The minimum atomic E-state index is -0.326. The Morgan fingerprint density at radius 1 is 1.05 bits per heavy atom. The largest absolute Gasteiger partial charge is 0.494 e. The van der Waals surface area contributed by atoms with Gasteiger partial charge in [0, 0.05) is 23.9 Å². The molecule has 0 saturated carbocycles. The first-order valence-electron chi connectivity index (χ1n) is 6.26. The Morgan fingerprint density at radius 3 is 2.58 bits per heavy atom. The number of ether oxygens (including phenoxy) is 2. The average Bonchev–Trinajstić information content (AvgIpc) is 2.40. The quantitative estimate of drug-likeness (QED) is 0.822. The third-order valence-corrected chi connectivity index (χ3v) is 2.56. The summed E-state index contributed by atoms with van der Waals surface area (Å²) in [6.07, 6.45) is 1.67. The summed E-state index contributed by atoms with van der Waals surface area (Å²) in [5.74, 6) is 0.899. The van der Waals surface area contributed by atoms with E-state index < -0.39 is 0 Å². The predicted octanol–water partition coefficient (Wildman–Crippen LogP) is 3.69.